The predicted octanol–water partition coefficient (Wildman–Crippen LogP) is 3.14. The molecular formula is C18H18F3N3O2. The molecule has 0 saturated carbocycles. The molecule has 1 unspecified atom stereocenters. The summed E-state index contributed by atoms with van der Waals surface area (Å²) in [5, 5.41) is 2.16. The second kappa shape index (κ2) is 6.95. The van der Waals surface area contributed by atoms with Crippen molar-refractivity contribution in [1.82, 2.24) is 9.55 Å². The zero-order valence-corrected chi connectivity index (χ0v) is 14.1. The van der Waals surface area contributed by atoms with E-state index >= 15 is 0 Å². The third kappa shape index (κ3) is 3.80. The van der Waals surface area contributed by atoms with Crippen molar-refractivity contribution in [3.05, 3.63) is 47.0 Å². The molecule has 0 bridgehead atoms. The monoisotopic (exact) mass is 365 g/mol. The summed E-state index contributed by atoms with van der Waals surface area (Å²) in [4.78, 5) is 16.4. The molecule has 2 heterocycles. The van der Waals surface area contributed by atoms with E-state index in [0.717, 1.165) is 10.8 Å². The van der Waals surface area contributed by atoms with Gasteiger partial charge in [0, 0.05) is 43.4 Å². The van der Waals surface area contributed by atoms with Crippen LogP contribution in [0.4, 0.5) is 13.2 Å². The van der Waals surface area contributed by atoms with Crippen LogP contribution in [-0.2, 0) is 7.05 Å². The molecule has 1 aromatic carbocycles. The lowest BCUT2D eigenvalue weighted by Crippen LogP contribution is -2.29. The number of nitrogens with zero attached hydrogens (tertiary/aromatic N) is 2. The number of rotatable bonds is 5. The van der Waals surface area contributed by atoms with Crippen LogP contribution >= 0.6 is 0 Å². The minimum Gasteiger partial charge on any atom is -0.492 e. The number of halogens is 3. The summed E-state index contributed by atoms with van der Waals surface area (Å²) in [5.41, 5.74) is 6.16. The number of hydrogen-bond acceptors (Lipinski definition) is 4. The Morgan fingerprint density at radius 2 is 2.00 bits per heavy atom. The predicted molar refractivity (Wildman–Crippen MR) is 93.2 cm³/mol. The van der Waals surface area contributed by atoms with E-state index in [1.807, 2.05) is 6.07 Å². The molecule has 138 valence electrons. The Kier molecular flexibility index (Phi) is 4.86. The Balaban J connectivity index is 1.85. The first kappa shape index (κ1) is 18.2. The van der Waals surface area contributed by atoms with Crippen molar-refractivity contribution in [2.24, 2.45) is 12.8 Å². The number of aryl methyl sites for hydroxylation is 1. The normalized spacial score (nSPS) is 13.3. The first-order valence-electron chi connectivity index (χ1n) is 8.08. The SMILES string of the molecule is Cn1c(=O)c2cnccc2c2ccc(OCC(N)CCC(F)(F)F)cc21. The summed E-state index contributed by atoms with van der Waals surface area (Å²) in [6.45, 7) is -0.0347. The Bertz CT molecular complexity index is 999. The summed E-state index contributed by atoms with van der Waals surface area (Å²) in [6.07, 6.45) is -2.22. The van der Waals surface area contributed by atoms with E-state index in [1.54, 1.807) is 31.4 Å². The third-order valence-corrected chi connectivity index (χ3v) is 4.24. The molecule has 3 aromatic rings. The summed E-state index contributed by atoms with van der Waals surface area (Å²) < 4.78 is 43.7. The van der Waals surface area contributed by atoms with Gasteiger partial charge >= 0.3 is 6.18 Å². The summed E-state index contributed by atoms with van der Waals surface area (Å²) in [5.74, 6) is 0.448. The molecule has 3 rings (SSSR count). The van der Waals surface area contributed by atoms with Gasteiger partial charge in [0.25, 0.3) is 5.56 Å². The quantitative estimate of drug-likeness (QED) is 0.705. The van der Waals surface area contributed by atoms with Crippen LogP contribution in [0, 0.1) is 0 Å². The van der Waals surface area contributed by atoms with Gasteiger partial charge in [0.2, 0.25) is 0 Å². The smallest absolute Gasteiger partial charge is 0.389 e. The second-order valence-electron chi connectivity index (χ2n) is 6.19. The average Bonchev–Trinajstić information content (AvgIpc) is 2.62. The molecule has 2 aromatic heterocycles. The van der Waals surface area contributed by atoms with Gasteiger partial charge in [-0.15, -0.1) is 0 Å². The van der Waals surface area contributed by atoms with Crippen molar-refractivity contribution in [3.63, 3.8) is 0 Å². The molecule has 5 nitrogen and oxygen atoms in total. The van der Waals surface area contributed by atoms with Crippen molar-refractivity contribution < 1.29 is 17.9 Å². The number of ether oxygens (including phenoxy) is 1. The minimum atomic E-state index is -4.23. The maximum atomic E-state index is 12.5. The number of benzene rings is 1. The Morgan fingerprint density at radius 3 is 2.73 bits per heavy atom. The highest BCUT2D eigenvalue weighted by molar-refractivity contribution is 6.05. The zero-order chi connectivity index (χ0) is 18.9. The Morgan fingerprint density at radius 1 is 1.23 bits per heavy atom. The maximum Gasteiger partial charge on any atom is 0.389 e. The van der Waals surface area contributed by atoms with Gasteiger partial charge in [-0.05, 0) is 30.0 Å². The second-order valence-corrected chi connectivity index (χ2v) is 6.19. The molecule has 26 heavy (non-hydrogen) atoms. The lowest BCUT2D eigenvalue weighted by atomic mass is 10.1. The summed E-state index contributed by atoms with van der Waals surface area (Å²) in [7, 11) is 1.65. The van der Waals surface area contributed by atoms with Crippen molar-refractivity contribution in [2.75, 3.05) is 6.61 Å². The van der Waals surface area contributed by atoms with E-state index in [9.17, 15) is 18.0 Å². The van der Waals surface area contributed by atoms with Gasteiger partial charge in [0.05, 0.1) is 10.9 Å². The lowest BCUT2D eigenvalue weighted by molar-refractivity contribution is -0.136. The van der Waals surface area contributed by atoms with Crippen LogP contribution in [0.25, 0.3) is 21.7 Å². The van der Waals surface area contributed by atoms with E-state index in [2.05, 4.69) is 4.98 Å². The highest BCUT2D eigenvalue weighted by Crippen LogP contribution is 2.26. The molecule has 8 heteroatoms. The highest BCUT2D eigenvalue weighted by Gasteiger charge is 2.27. The zero-order valence-electron chi connectivity index (χ0n) is 14.1. The number of aromatic nitrogens is 2. The van der Waals surface area contributed by atoms with Gasteiger partial charge < -0.3 is 15.0 Å². The fourth-order valence-electron chi connectivity index (χ4n) is 2.83. The molecule has 0 aliphatic rings. The molecule has 0 radical (unpaired) electrons. The number of alkyl halides is 3. The number of pyridine rings is 2. The van der Waals surface area contributed by atoms with E-state index in [0.29, 0.717) is 16.7 Å². The van der Waals surface area contributed by atoms with Crippen LogP contribution in [0.15, 0.2) is 41.5 Å². The molecule has 1 atom stereocenters. The first-order chi connectivity index (χ1) is 12.3. The van der Waals surface area contributed by atoms with E-state index < -0.39 is 18.6 Å². The average molecular weight is 365 g/mol. The largest absolute Gasteiger partial charge is 0.492 e. The van der Waals surface area contributed by atoms with Crippen LogP contribution in [0.3, 0.4) is 0 Å². The van der Waals surface area contributed by atoms with Crippen LogP contribution < -0.4 is 16.0 Å². The van der Waals surface area contributed by atoms with Crippen molar-refractivity contribution in [2.45, 2.75) is 25.1 Å². The molecule has 0 fully saturated rings. The standard InChI is InChI=1S/C18H18F3N3O2/c1-24-16-8-12(26-10-11(22)4-6-18(19,20)21)2-3-14(16)13-5-7-23-9-15(13)17(24)25/h2-3,5,7-9,11H,4,6,10,22H2,1H3. The Labute approximate surface area is 147 Å². The van der Waals surface area contributed by atoms with Crippen LogP contribution in [0.5, 0.6) is 5.75 Å². The van der Waals surface area contributed by atoms with Crippen LogP contribution in [0.2, 0.25) is 0 Å². The fraction of sp³-hybridized carbons (Fsp3) is 0.333. The number of hydrogen-bond donors (Lipinski definition) is 1. The maximum absolute atomic E-state index is 12.5. The summed E-state index contributed by atoms with van der Waals surface area (Å²) >= 11 is 0. The number of nitrogens with two attached hydrogens (primary N) is 1. The minimum absolute atomic E-state index is 0.0347. The molecule has 0 spiro atoms. The van der Waals surface area contributed by atoms with Gasteiger partial charge in [0.15, 0.2) is 0 Å². The molecule has 0 amide bonds. The fourth-order valence-corrected chi connectivity index (χ4v) is 2.83. The molecule has 0 saturated heterocycles. The van der Waals surface area contributed by atoms with Gasteiger partial charge in [0.1, 0.15) is 12.4 Å². The van der Waals surface area contributed by atoms with Gasteiger partial charge in [-0.25, -0.2) is 0 Å². The molecule has 0 aliphatic carbocycles. The van der Waals surface area contributed by atoms with E-state index in [-0.39, 0.29) is 18.6 Å². The highest BCUT2D eigenvalue weighted by atomic mass is 19.4. The van der Waals surface area contributed by atoms with Crippen LogP contribution in [-0.4, -0.2) is 28.4 Å². The molecular weight excluding hydrogens is 347 g/mol. The van der Waals surface area contributed by atoms with Crippen molar-refractivity contribution >= 4 is 21.7 Å². The van der Waals surface area contributed by atoms with E-state index in [1.165, 1.54) is 10.8 Å². The number of fused-ring (bicyclic) bond motifs is 3. The molecule has 2 N–H and O–H groups in total. The lowest BCUT2D eigenvalue weighted by Gasteiger charge is -2.15. The third-order valence-electron chi connectivity index (χ3n) is 4.24. The van der Waals surface area contributed by atoms with Crippen molar-refractivity contribution in [1.29, 1.82) is 0 Å². The summed E-state index contributed by atoms with van der Waals surface area (Å²) in [6, 6.07) is 6.26. The van der Waals surface area contributed by atoms with Crippen molar-refractivity contribution in [3.8, 4) is 5.75 Å². The first-order valence-corrected chi connectivity index (χ1v) is 8.08. The Hall–Kier alpha value is -2.61. The van der Waals surface area contributed by atoms with Gasteiger partial charge in [-0.2, -0.15) is 13.2 Å². The van der Waals surface area contributed by atoms with E-state index in [4.69, 9.17) is 10.5 Å². The van der Waals surface area contributed by atoms with Crippen LogP contribution in [0.1, 0.15) is 12.8 Å². The topological polar surface area (TPSA) is 70.1 Å². The van der Waals surface area contributed by atoms with Gasteiger partial charge in [-0.1, -0.05) is 0 Å². The van der Waals surface area contributed by atoms with Gasteiger partial charge in [-0.3, -0.25) is 9.78 Å². The molecule has 0 aliphatic heterocycles.